The highest BCUT2D eigenvalue weighted by molar-refractivity contribution is 7.92. The van der Waals surface area contributed by atoms with Gasteiger partial charge in [0.15, 0.2) is 4.90 Å². The van der Waals surface area contributed by atoms with Crippen LogP contribution in [0.25, 0.3) is 0 Å². The van der Waals surface area contributed by atoms with Gasteiger partial charge in [0.2, 0.25) is 0 Å². The minimum Gasteiger partial charge on any atom is -0.280 e. The molecule has 2 aromatic rings. The van der Waals surface area contributed by atoms with Gasteiger partial charge in [0.25, 0.3) is 15.7 Å². The normalized spacial score (nSPS) is 11.3. The van der Waals surface area contributed by atoms with Gasteiger partial charge in [0.1, 0.15) is 0 Å². The van der Waals surface area contributed by atoms with Crippen molar-refractivity contribution in [2.45, 2.75) is 18.7 Å². The average molecular weight is 296 g/mol. The minimum atomic E-state index is -4.06. The van der Waals surface area contributed by atoms with Crippen molar-refractivity contribution in [1.29, 1.82) is 0 Å². The maximum atomic E-state index is 12.3. The van der Waals surface area contributed by atoms with Crippen molar-refractivity contribution in [1.82, 2.24) is 10.2 Å². The zero-order valence-corrected chi connectivity index (χ0v) is 11.6. The first-order valence-electron chi connectivity index (χ1n) is 5.60. The predicted molar refractivity (Wildman–Crippen MR) is 72.0 cm³/mol. The third-order valence-corrected chi connectivity index (χ3v) is 4.11. The monoisotopic (exact) mass is 296 g/mol. The van der Waals surface area contributed by atoms with E-state index in [0.29, 0.717) is 17.1 Å². The maximum absolute atomic E-state index is 12.3. The lowest BCUT2D eigenvalue weighted by molar-refractivity contribution is -0.387. The quantitative estimate of drug-likeness (QED) is 0.658. The molecule has 0 aliphatic heterocycles. The van der Waals surface area contributed by atoms with Crippen molar-refractivity contribution >= 4 is 21.4 Å². The first-order valence-corrected chi connectivity index (χ1v) is 7.09. The Morgan fingerprint density at radius 2 is 1.95 bits per heavy atom. The summed E-state index contributed by atoms with van der Waals surface area (Å²) in [5.41, 5.74) is 0.816. The standard InChI is InChI=1S/C11H12N4O4S/c1-7-11(8(2)13-12-7)14-20(18,19)10-6-4-3-5-9(10)15(16)17/h3-6,14H,1-2H3,(H,12,13). The number of nitrogens with zero attached hydrogens (tertiary/aromatic N) is 2. The number of nitro benzene ring substituents is 1. The van der Waals surface area contributed by atoms with Gasteiger partial charge in [-0.2, -0.15) is 5.10 Å². The summed E-state index contributed by atoms with van der Waals surface area (Å²) in [5, 5.41) is 17.4. The molecule has 0 atom stereocenters. The van der Waals surface area contributed by atoms with Gasteiger partial charge >= 0.3 is 0 Å². The molecule has 0 aliphatic carbocycles. The first kappa shape index (κ1) is 14.0. The lowest BCUT2D eigenvalue weighted by atomic mass is 10.3. The van der Waals surface area contributed by atoms with E-state index in [2.05, 4.69) is 14.9 Å². The second-order valence-electron chi connectivity index (χ2n) is 4.14. The van der Waals surface area contributed by atoms with Crippen molar-refractivity contribution in [3.63, 3.8) is 0 Å². The van der Waals surface area contributed by atoms with Gasteiger partial charge in [-0.05, 0) is 19.9 Å². The van der Waals surface area contributed by atoms with Crippen molar-refractivity contribution in [2.24, 2.45) is 0 Å². The maximum Gasteiger partial charge on any atom is 0.289 e. The van der Waals surface area contributed by atoms with Crippen molar-refractivity contribution in [3.8, 4) is 0 Å². The number of aryl methyl sites for hydroxylation is 2. The molecule has 0 bridgehead atoms. The van der Waals surface area contributed by atoms with Crippen molar-refractivity contribution < 1.29 is 13.3 Å². The summed E-state index contributed by atoms with van der Waals surface area (Å²) in [5.74, 6) is 0. The highest BCUT2D eigenvalue weighted by Crippen LogP contribution is 2.27. The molecule has 0 amide bonds. The van der Waals surface area contributed by atoms with Crippen LogP contribution in [-0.2, 0) is 10.0 Å². The van der Waals surface area contributed by atoms with Crippen LogP contribution in [0.15, 0.2) is 29.2 Å². The van der Waals surface area contributed by atoms with E-state index in [9.17, 15) is 18.5 Å². The van der Waals surface area contributed by atoms with Crippen molar-refractivity contribution in [3.05, 3.63) is 45.8 Å². The third kappa shape index (κ3) is 2.48. The molecule has 2 rings (SSSR count). The second kappa shape index (κ2) is 4.93. The van der Waals surface area contributed by atoms with Crippen molar-refractivity contribution in [2.75, 3.05) is 4.72 Å². The molecule has 1 heterocycles. The number of nitrogens with one attached hydrogen (secondary N) is 2. The van der Waals surface area contributed by atoms with Crippen LogP contribution in [0.3, 0.4) is 0 Å². The zero-order chi connectivity index (χ0) is 14.9. The number of aromatic amines is 1. The summed E-state index contributed by atoms with van der Waals surface area (Å²) in [6.07, 6.45) is 0. The Balaban J connectivity index is 2.49. The van der Waals surface area contributed by atoms with E-state index in [0.717, 1.165) is 6.07 Å². The highest BCUT2D eigenvalue weighted by Gasteiger charge is 2.26. The van der Waals surface area contributed by atoms with Gasteiger partial charge < -0.3 is 0 Å². The number of sulfonamides is 1. The summed E-state index contributed by atoms with van der Waals surface area (Å²) in [7, 11) is -4.06. The fourth-order valence-corrected chi connectivity index (χ4v) is 3.08. The molecule has 0 spiro atoms. The smallest absolute Gasteiger partial charge is 0.280 e. The minimum absolute atomic E-state index is 0.295. The van der Waals surface area contributed by atoms with Gasteiger partial charge in [0, 0.05) is 6.07 Å². The van der Waals surface area contributed by atoms with Gasteiger partial charge in [0.05, 0.1) is 22.0 Å². The number of rotatable bonds is 4. The van der Waals surface area contributed by atoms with Gasteiger partial charge in [-0.1, -0.05) is 12.1 Å². The van der Waals surface area contributed by atoms with Gasteiger partial charge in [-0.25, -0.2) is 8.42 Å². The lowest BCUT2D eigenvalue weighted by Crippen LogP contribution is -2.15. The van der Waals surface area contributed by atoms with E-state index in [1.807, 2.05) is 0 Å². The van der Waals surface area contributed by atoms with E-state index >= 15 is 0 Å². The van der Waals surface area contributed by atoms with Gasteiger partial charge in [-0.3, -0.25) is 19.9 Å². The van der Waals surface area contributed by atoms with Crippen LogP contribution in [0.2, 0.25) is 0 Å². The summed E-state index contributed by atoms with van der Waals surface area (Å²) >= 11 is 0. The summed E-state index contributed by atoms with van der Waals surface area (Å²) in [4.78, 5) is 9.78. The Hall–Kier alpha value is -2.42. The van der Waals surface area contributed by atoms with Crippen LogP contribution < -0.4 is 4.72 Å². The molecular formula is C11H12N4O4S. The molecule has 1 aromatic carbocycles. The van der Waals surface area contributed by atoms with Crippen LogP contribution in [0.5, 0.6) is 0 Å². The van der Waals surface area contributed by atoms with Crippen LogP contribution in [0.4, 0.5) is 11.4 Å². The topological polar surface area (TPSA) is 118 Å². The number of para-hydroxylation sites is 1. The molecule has 0 radical (unpaired) electrons. The van der Waals surface area contributed by atoms with E-state index in [4.69, 9.17) is 0 Å². The Bertz CT molecular complexity index is 747. The molecule has 2 N–H and O–H groups in total. The number of hydrogen-bond acceptors (Lipinski definition) is 5. The summed E-state index contributed by atoms with van der Waals surface area (Å²) in [6.45, 7) is 3.28. The Morgan fingerprint density at radius 1 is 1.30 bits per heavy atom. The molecule has 0 unspecified atom stereocenters. The van der Waals surface area contributed by atoms with Crippen LogP contribution in [0, 0.1) is 24.0 Å². The Labute approximate surface area is 115 Å². The van der Waals surface area contributed by atoms with E-state index < -0.39 is 20.6 Å². The summed E-state index contributed by atoms with van der Waals surface area (Å²) in [6, 6.07) is 5.16. The molecule has 0 aliphatic rings. The number of hydrogen-bond donors (Lipinski definition) is 2. The van der Waals surface area contributed by atoms with Crippen LogP contribution >= 0.6 is 0 Å². The predicted octanol–water partition coefficient (Wildman–Crippen LogP) is 1.74. The number of benzene rings is 1. The summed E-state index contributed by atoms with van der Waals surface area (Å²) < 4.78 is 26.9. The molecular weight excluding hydrogens is 284 g/mol. The number of nitro groups is 1. The molecule has 0 fully saturated rings. The SMILES string of the molecule is Cc1n[nH]c(C)c1NS(=O)(=O)c1ccccc1[N+](=O)[O-]. The third-order valence-electron chi connectivity index (χ3n) is 2.72. The van der Waals surface area contributed by atoms with E-state index in [-0.39, 0.29) is 4.90 Å². The number of aromatic nitrogens is 2. The lowest BCUT2D eigenvalue weighted by Gasteiger charge is -2.08. The fraction of sp³-hybridized carbons (Fsp3) is 0.182. The second-order valence-corrected chi connectivity index (χ2v) is 5.79. The van der Waals surface area contributed by atoms with Crippen LogP contribution in [0.1, 0.15) is 11.4 Å². The largest absolute Gasteiger partial charge is 0.289 e. The fourth-order valence-electron chi connectivity index (χ4n) is 1.73. The average Bonchev–Trinajstić information content (AvgIpc) is 2.70. The molecule has 1 aromatic heterocycles. The Kier molecular flexibility index (Phi) is 3.45. The molecule has 20 heavy (non-hydrogen) atoms. The molecule has 9 heteroatoms. The number of anilines is 1. The Morgan fingerprint density at radius 3 is 2.50 bits per heavy atom. The zero-order valence-electron chi connectivity index (χ0n) is 10.7. The van der Waals surface area contributed by atoms with Gasteiger partial charge in [-0.15, -0.1) is 0 Å². The molecule has 0 saturated carbocycles. The molecule has 8 nitrogen and oxygen atoms in total. The van der Waals surface area contributed by atoms with Crippen LogP contribution in [-0.4, -0.2) is 23.5 Å². The molecule has 106 valence electrons. The first-order chi connectivity index (χ1) is 9.33. The number of H-pyrrole nitrogens is 1. The van der Waals surface area contributed by atoms with E-state index in [1.165, 1.54) is 18.2 Å². The van der Waals surface area contributed by atoms with E-state index in [1.54, 1.807) is 13.8 Å². The molecule has 0 saturated heterocycles. The highest BCUT2D eigenvalue weighted by atomic mass is 32.2.